The molecule has 0 radical (unpaired) electrons. The Hall–Kier alpha value is -3.46. The maximum absolute atomic E-state index is 12.3. The molecule has 0 aliphatic heterocycles. The van der Waals surface area contributed by atoms with Crippen LogP contribution in [0.25, 0.3) is 0 Å². The Morgan fingerprint density at radius 1 is 0.969 bits per heavy atom. The van der Waals surface area contributed by atoms with E-state index in [9.17, 15) is 36.4 Å². The number of benzene rings is 2. The van der Waals surface area contributed by atoms with Crippen molar-refractivity contribution in [3.05, 3.63) is 59.7 Å². The molecule has 32 heavy (non-hydrogen) atoms. The third-order valence-electron chi connectivity index (χ3n) is 3.78. The first kappa shape index (κ1) is 24.8. The van der Waals surface area contributed by atoms with E-state index in [2.05, 4.69) is 14.8 Å². The van der Waals surface area contributed by atoms with Gasteiger partial charge in [-0.2, -0.15) is 5.26 Å². The number of amides is 1. The first-order valence-electron chi connectivity index (χ1n) is 8.81. The largest absolute Gasteiger partial charge is 0.573 e. The topological polar surface area (TPSA) is 80.6 Å². The fourth-order valence-electron chi connectivity index (χ4n) is 2.43. The second kappa shape index (κ2) is 9.78. The van der Waals surface area contributed by atoms with Crippen molar-refractivity contribution in [2.45, 2.75) is 31.8 Å². The molecule has 0 aliphatic carbocycles. The summed E-state index contributed by atoms with van der Waals surface area (Å²) in [5.41, 5.74) is -1.23. The van der Waals surface area contributed by atoms with Crippen LogP contribution in [0.4, 0.5) is 26.3 Å². The molecule has 0 saturated carbocycles. The summed E-state index contributed by atoms with van der Waals surface area (Å²) < 4.78 is 86.4. The minimum atomic E-state index is -4.88. The molecular weight excluding hydrogens is 446 g/mol. The van der Waals surface area contributed by atoms with Gasteiger partial charge in [0.25, 0.3) is 5.91 Å². The third kappa shape index (κ3) is 8.35. The number of nitriles is 1. The Bertz CT molecular complexity index is 970. The van der Waals surface area contributed by atoms with Gasteiger partial charge in [0.1, 0.15) is 17.0 Å². The first-order chi connectivity index (χ1) is 14.8. The van der Waals surface area contributed by atoms with Crippen molar-refractivity contribution in [1.82, 2.24) is 5.32 Å². The summed E-state index contributed by atoms with van der Waals surface area (Å²) in [5, 5.41) is 11.8. The van der Waals surface area contributed by atoms with Crippen LogP contribution >= 0.6 is 0 Å². The Kier molecular flexibility index (Phi) is 7.58. The average Bonchev–Trinajstić information content (AvgIpc) is 2.66. The zero-order valence-electron chi connectivity index (χ0n) is 16.4. The lowest BCUT2D eigenvalue weighted by atomic mass is 10.0. The lowest BCUT2D eigenvalue weighted by Crippen LogP contribution is -2.48. The van der Waals surface area contributed by atoms with E-state index in [1.807, 2.05) is 6.07 Å². The molecule has 0 bridgehead atoms. The zero-order valence-corrected chi connectivity index (χ0v) is 16.4. The molecule has 1 amide bonds. The quantitative estimate of drug-likeness (QED) is 0.575. The van der Waals surface area contributed by atoms with Crippen LogP contribution in [0.2, 0.25) is 0 Å². The van der Waals surface area contributed by atoms with E-state index in [0.717, 1.165) is 36.4 Å². The molecule has 2 aromatic rings. The molecule has 6 nitrogen and oxygen atoms in total. The van der Waals surface area contributed by atoms with Gasteiger partial charge in [0.15, 0.2) is 0 Å². The molecule has 0 aromatic heterocycles. The van der Waals surface area contributed by atoms with Crippen LogP contribution in [-0.2, 0) is 11.3 Å². The van der Waals surface area contributed by atoms with Crippen molar-refractivity contribution < 1.29 is 45.3 Å². The van der Waals surface area contributed by atoms with Gasteiger partial charge < -0.3 is 19.5 Å². The Labute approximate surface area is 178 Å². The average molecular weight is 462 g/mol. The van der Waals surface area contributed by atoms with Crippen molar-refractivity contribution in [3.8, 4) is 17.6 Å². The molecule has 0 saturated heterocycles. The number of ether oxygens (including phenoxy) is 3. The predicted molar refractivity (Wildman–Crippen MR) is 97.4 cm³/mol. The van der Waals surface area contributed by atoms with Crippen LogP contribution in [0.15, 0.2) is 48.5 Å². The highest BCUT2D eigenvalue weighted by Crippen LogP contribution is 2.24. The lowest BCUT2D eigenvalue weighted by Gasteiger charge is -2.23. The number of rotatable bonds is 8. The number of nitrogens with zero attached hydrogens (tertiary/aromatic N) is 1. The number of carbonyl (C=O) groups excluding carboxylic acids is 1. The van der Waals surface area contributed by atoms with E-state index in [-0.39, 0.29) is 18.8 Å². The summed E-state index contributed by atoms with van der Waals surface area (Å²) in [6.07, 6.45) is -9.72. The summed E-state index contributed by atoms with van der Waals surface area (Å²) in [5.74, 6) is -1.71. The van der Waals surface area contributed by atoms with Gasteiger partial charge in [0, 0.05) is 5.56 Å². The molecule has 1 unspecified atom stereocenters. The van der Waals surface area contributed by atoms with E-state index < -0.39 is 35.7 Å². The smallest absolute Gasteiger partial charge is 0.406 e. The number of hydrogen-bond donors (Lipinski definition) is 1. The molecular formula is C20H16F6N2O4. The van der Waals surface area contributed by atoms with Crippen LogP contribution in [0, 0.1) is 11.3 Å². The fraction of sp³-hybridized carbons (Fsp3) is 0.300. The van der Waals surface area contributed by atoms with Gasteiger partial charge in [-0.25, -0.2) is 0 Å². The highest BCUT2D eigenvalue weighted by molar-refractivity contribution is 5.95. The van der Waals surface area contributed by atoms with E-state index in [4.69, 9.17) is 4.74 Å². The van der Waals surface area contributed by atoms with Gasteiger partial charge in [-0.05, 0) is 48.9 Å². The number of carbonyl (C=O) groups is 1. The molecule has 1 N–H and O–H groups in total. The molecule has 0 spiro atoms. The summed E-state index contributed by atoms with van der Waals surface area (Å²) in [6.45, 7) is 0.843. The first-order valence-corrected chi connectivity index (χ1v) is 8.81. The van der Waals surface area contributed by atoms with Crippen molar-refractivity contribution in [3.63, 3.8) is 0 Å². The van der Waals surface area contributed by atoms with Gasteiger partial charge in [-0.15, -0.1) is 26.3 Å². The van der Waals surface area contributed by atoms with Crippen LogP contribution in [0.5, 0.6) is 11.5 Å². The fourth-order valence-corrected chi connectivity index (χ4v) is 2.43. The second-order valence-electron chi connectivity index (χ2n) is 6.66. The van der Waals surface area contributed by atoms with Crippen LogP contribution in [0.1, 0.15) is 22.8 Å². The lowest BCUT2D eigenvalue weighted by molar-refractivity contribution is -0.275. The van der Waals surface area contributed by atoms with Crippen LogP contribution < -0.4 is 14.8 Å². The Morgan fingerprint density at radius 2 is 1.56 bits per heavy atom. The van der Waals surface area contributed by atoms with Gasteiger partial charge in [0.2, 0.25) is 0 Å². The standard InChI is InChI=1S/C20H16F6N2O4/c1-18(11-27,12-30-10-13-3-2-4-16(9-13)32-20(24,25)26)28-17(29)14-5-7-15(8-6-14)31-19(21,22)23/h2-9H,10,12H2,1H3,(H,28,29). The monoisotopic (exact) mass is 462 g/mol. The predicted octanol–water partition coefficient (Wildman–Crippen LogP) is 4.71. The van der Waals surface area contributed by atoms with E-state index in [1.54, 1.807) is 0 Å². The molecule has 1 atom stereocenters. The molecule has 2 aromatic carbocycles. The molecule has 2 rings (SSSR count). The maximum Gasteiger partial charge on any atom is 0.573 e. The van der Waals surface area contributed by atoms with Gasteiger partial charge >= 0.3 is 12.7 Å². The van der Waals surface area contributed by atoms with Crippen molar-refractivity contribution in [2.75, 3.05) is 6.61 Å². The molecule has 172 valence electrons. The second-order valence-corrected chi connectivity index (χ2v) is 6.66. The molecule has 0 aliphatic rings. The highest BCUT2D eigenvalue weighted by Gasteiger charge is 2.32. The van der Waals surface area contributed by atoms with Gasteiger partial charge in [-0.3, -0.25) is 4.79 Å². The van der Waals surface area contributed by atoms with E-state index >= 15 is 0 Å². The summed E-state index contributed by atoms with van der Waals surface area (Å²) >= 11 is 0. The van der Waals surface area contributed by atoms with Gasteiger partial charge in [0.05, 0.1) is 19.3 Å². The van der Waals surface area contributed by atoms with Crippen molar-refractivity contribution >= 4 is 5.91 Å². The normalized spacial score (nSPS) is 13.6. The Morgan fingerprint density at radius 3 is 2.12 bits per heavy atom. The maximum atomic E-state index is 12.3. The zero-order chi connectivity index (χ0) is 24.0. The van der Waals surface area contributed by atoms with Crippen LogP contribution in [-0.4, -0.2) is 30.8 Å². The van der Waals surface area contributed by atoms with E-state index in [1.165, 1.54) is 19.1 Å². The SMILES string of the molecule is CC(C#N)(COCc1cccc(OC(F)(F)F)c1)NC(=O)c1ccc(OC(F)(F)F)cc1. The van der Waals surface area contributed by atoms with Gasteiger partial charge in [-0.1, -0.05) is 12.1 Å². The summed E-state index contributed by atoms with van der Waals surface area (Å²) in [6, 6.07) is 10.9. The summed E-state index contributed by atoms with van der Waals surface area (Å²) in [7, 11) is 0. The molecule has 0 heterocycles. The molecule has 12 heteroatoms. The minimum absolute atomic E-state index is 0.0296. The van der Waals surface area contributed by atoms with Crippen molar-refractivity contribution in [1.29, 1.82) is 5.26 Å². The number of halogens is 6. The third-order valence-corrected chi connectivity index (χ3v) is 3.78. The Balaban J connectivity index is 1.94. The highest BCUT2D eigenvalue weighted by atomic mass is 19.4. The number of nitrogens with one attached hydrogen (secondary N) is 1. The summed E-state index contributed by atoms with van der Waals surface area (Å²) in [4.78, 5) is 12.3. The minimum Gasteiger partial charge on any atom is -0.406 e. The molecule has 0 fully saturated rings. The van der Waals surface area contributed by atoms with E-state index in [0.29, 0.717) is 5.56 Å². The van der Waals surface area contributed by atoms with Crippen LogP contribution in [0.3, 0.4) is 0 Å². The van der Waals surface area contributed by atoms with Crippen molar-refractivity contribution in [2.24, 2.45) is 0 Å². The number of hydrogen-bond acceptors (Lipinski definition) is 5. The number of alkyl halides is 6.